The summed E-state index contributed by atoms with van der Waals surface area (Å²) in [6.45, 7) is 8.12. The summed E-state index contributed by atoms with van der Waals surface area (Å²) in [6.07, 6.45) is -1.16. The molecule has 0 aliphatic heterocycles. The van der Waals surface area contributed by atoms with Crippen LogP contribution < -0.4 is 10.6 Å². The molecule has 1 aromatic rings. The van der Waals surface area contributed by atoms with Gasteiger partial charge in [0.05, 0.1) is 0 Å². The number of esters is 1. The van der Waals surface area contributed by atoms with E-state index in [1.165, 1.54) is 13.8 Å². The summed E-state index contributed by atoms with van der Waals surface area (Å²) < 4.78 is 5.03. The van der Waals surface area contributed by atoms with E-state index in [2.05, 4.69) is 15.6 Å². The van der Waals surface area contributed by atoms with Gasteiger partial charge in [0.2, 0.25) is 0 Å². The van der Waals surface area contributed by atoms with Gasteiger partial charge >= 0.3 is 12.0 Å². The zero-order valence-electron chi connectivity index (χ0n) is 13.8. The molecule has 0 saturated carbocycles. The Bertz CT molecular complexity index is 648. The number of rotatable bonds is 5. The van der Waals surface area contributed by atoms with Gasteiger partial charge in [0.25, 0.3) is 5.91 Å². The number of H-pyrrole nitrogens is 1. The second-order valence-electron chi connectivity index (χ2n) is 5.08. The highest BCUT2D eigenvalue weighted by molar-refractivity contribution is 6.02. The average molecular weight is 323 g/mol. The fraction of sp³-hybridized carbons (Fsp3) is 0.467. The molecule has 8 nitrogen and oxygen atoms in total. The lowest BCUT2D eigenvalue weighted by molar-refractivity contribution is -0.127. The Morgan fingerprint density at radius 3 is 2.30 bits per heavy atom. The maximum absolute atomic E-state index is 12.1. The molecule has 3 amide bonds. The molecule has 1 rings (SSSR count). The SMILES string of the molecule is CCNC(=O)NC(=O)[C@H](C)OC(=O)c1[nH]c(C)c(C(C)=O)c1C. The fourth-order valence-electron chi connectivity index (χ4n) is 2.17. The normalized spacial score (nSPS) is 11.5. The molecule has 0 unspecified atom stereocenters. The van der Waals surface area contributed by atoms with Crippen LogP contribution in [0, 0.1) is 13.8 Å². The van der Waals surface area contributed by atoms with Crippen LogP contribution in [0.4, 0.5) is 4.79 Å². The molecule has 0 aromatic carbocycles. The number of urea groups is 1. The zero-order chi connectivity index (χ0) is 17.7. The monoisotopic (exact) mass is 323 g/mol. The quantitative estimate of drug-likeness (QED) is 0.556. The maximum Gasteiger partial charge on any atom is 0.355 e. The Labute approximate surface area is 134 Å². The van der Waals surface area contributed by atoms with Crippen molar-refractivity contribution in [3.8, 4) is 0 Å². The summed E-state index contributed by atoms with van der Waals surface area (Å²) >= 11 is 0. The lowest BCUT2D eigenvalue weighted by Crippen LogP contribution is -2.44. The van der Waals surface area contributed by atoms with E-state index < -0.39 is 24.0 Å². The molecule has 0 fully saturated rings. The van der Waals surface area contributed by atoms with Gasteiger partial charge in [0.15, 0.2) is 11.9 Å². The maximum atomic E-state index is 12.1. The van der Waals surface area contributed by atoms with Crippen LogP contribution in [-0.2, 0) is 9.53 Å². The first-order chi connectivity index (χ1) is 10.7. The van der Waals surface area contributed by atoms with Crippen molar-refractivity contribution in [2.45, 2.75) is 40.7 Å². The van der Waals surface area contributed by atoms with E-state index in [0.29, 0.717) is 23.4 Å². The largest absolute Gasteiger partial charge is 0.448 e. The van der Waals surface area contributed by atoms with Crippen molar-refractivity contribution in [3.05, 3.63) is 22.5 Å². The first-order valence-electron chi connectivity index (χ1n) is 7.18. The topological polar surface area (TPSA) is 117 Å². The average Bonchev–Trinajstić information content (AvgIpc) is 2.73. The molecule has 0 saturated heterocycles. The van der Waals surface area contributed by atoms with Crippen LogP contribution in [0.1, 0.15) is 52.9 Å². The van der Waals surface area contributed by atoms with Crippen molar-refractivity contribution in [2.75, 3.05) is 6.54 Å². The smallest absolute Gasteiger partial charge is 0.355 e. The Hall–Kier alpha value is -2.64. The number of amides is 3. The number of ether oxygens (including phenoxy) is 1. The number of imide groups is 1. The van der Waals surface area contributed by atoms with Crippen LogP contribution in [0.2, 0.25) is 0 Å². The number of aryl methyl sites for hydroxylation is 1. The Kier molecular flexibility index (Phi) is 6.06. The first kappa shape index (κ1) is 18.4. The Morgan fingerprint density at radius 2 is 1.83 bits per heavy atom. The van der Waals surface area contributed by atoms with Gasteiger partial charge in [0.1, 0.15) is 5.69 Å². The molecule has 1 atom stereocenters. The van der Waals surface area contributed by atoms with Gasteiger partial charge in [-0.3, -0.25) is 14.9 Å². The van der Waals surface area contributed by atoms with Crippen molar-refractivity contribution in [1.29, 1.82) is 0 Å². The van der Waals surface area contributed by atoms with Crippen molar-refractivity contribution >= 4 is 23.7 Å². The van der Waals surface area contributed by atoms with Crippen molar-refractivity contribution in [3.63, 3.8) is 0 Å². The first-order valence-corrected chi connectivity index (χ1v) is 7.18. The number of aromatic nitrogens is 1. The van der Waals surface area contributed by atoms with Crippen LogP contribution >= 0.6 is 0 Å². The van der Waals surface area contributed by atoms with Crippen LogP contribution in [0.5, 0.6) is 0 Å². The van der Waals surface area contributed by atoms with Gasteiger partial charge < -0.3 is 15.0 Å². The number of hydrogen-bond donors (Lipinski definition) is 3. The predicted molar refractivity (Wildman–Crippen MR) is 82.4 cm³/mol. The Balaban J connectivity index is 2.80. The van der Waals surface area contributed by atoms with Crippen LogP contribution in [0.25, 0.3) is 0 Å². The highest BCUT2D eigenvalue weighted by Gasteiger charge is 2.25. The van der Waals surface area contributed by atoms with Crippen LogP contribution in [0.3, 0.4) is 0 Å². The summed E-state index contributed by atoms with van der Waals surface area (Å²) in [7, 11) is 0. The molecule has 0 aliphatic rings. The van der Waals surface area contributed by atoms with E-state index in [4.69, 9.17) is 4.74 Å². The van der Waals surface area contributed by atoms with Crippen molar-refractivity contribution < 1.29 is 23.9 Å². The van der Waals surface area contributed by atoms with Gasteiger partial charge in [-0.1, -0.05) is 0 Å². The summed E-state index contributed by atoms with van der Waals surface area (Å²) in [4.78, 5) is 49.5. The highest BCUT2D eigenvalue weighted by Crippen LogP contribution is 2.19. The molecule has 3 N–H and O–H groups in total. The standard InChI is InChI=1S/C15H21N3O5/c1-6-16-15(22)18-13(20)10(5)23-14(21)12-7(2)11(9(4)19)8(3)17-12/h10,17H,6H2,1-5H3,(H2,16,18,20,22)/t10-/m0/s1. The van der Waals surface area contributed by atoms with Gasteiger partial charge in [-0.05, 0) is 40.2 Å². The van der Waals surface area contributed by atoms with Crippen molar-refractivity contribution in [2.24, 2.45) is 0 Å². The van der Waals surface area contributed by atoms with Gasteiger partial charge in [0, 0.05) is 17.8 Å². The van der Waals surface area contributed by atoms with E-state index in [0.717, 1.165) is 0 Å². The van der Waals surface area contributed by atoms with E-state index >= 15 is 0 Å². The number of aromatic amines is 1. The molecule has 8 heteroatoms. The third kappa shape index (κ3) is 4.41. The minimum atomic E-state index is -1.16. The lowest BCUT2D eigenvalue weighted by Gasteiger charge is -2.12. The summed E-state index contributed by atoms with van der Waals surface area (Å²) in [5.74, 6) is -1.67. The van der Waals surface area contributed by atoms with Gasteiger partial charge in [-0.15, -0.1) is 0 Å². The molecule has 0 bridgehead atoms. The highest BCUT2D eigenvalue weighted by atomic mass is 16.5. The number of carbonyl (C=O) groups is 4. The number of nitrogens with one attached hydrogen (secondary N) is 3. The second kappa shape index (κ2) is 7.57. The van der Waals surface area contributed by atoms with Crippen LogP contribution in [0.15, 0.2) is 0 Å². The molecule has 0 radical (unpaired) electrons. The molecule has 0 spiro atoms. The fourth-order valence-corrected chi connectivity index (χ4v) is 2.17. The zero-order valence-corrected chi connectivity index (χ0v) is 13.8. The number of carbonyl (C=O) groups excluding carboxylic acids is 4. The van der Waals surface area contributed by atoms with E-state index in [-0.39, 0.29) is 11.5 Å². The minimum Gasteiger partial charge on any atom is -0.448 e. The number of ketones is 1. The molecule has 1 heterocycles. The van der Waals surface area contributed by atoms with Crippen LogP contribution in [-0.4, -0.2) is 41.3 Å². The second-order valence-corrected chi connectivity index (χ2v) is 5.08. The van der Waals surface area contributed by atoms with E-state index in [9.17, 15) is 19.2 Å². The van der Waals surface area contributed by atoms with E-state index in [1.807, 2.05) is 0 Å². The van der Waals surface area contributed by atoms with E-state index in [1.54, 1.807) is 20.8 Å². The molecular formula is C15H21N3O5. The third-order valence-corrected chi connectivity index (χ3v) is 3.22. The Morgan fingerprint density at radius 1 is 1.22 bits per heavy atom. The third-order valence-electron chi connectivity index (χ3n) is 3.22. The minimum absolute atomic E-state index is 0.116. The predicted octanol–water partition coefficient (Wildman–Crippen LogP) is 1.23. The lowest BCUT2D eigenvalue weighted by atomic mass is 10.1. The molecule has 126 valence electrons. The molecular weight excluding hydrogens is 302 g/mol. The summed E-state index contributed by atoms with van der Waals surface area (Å²) in [6, 6.07) is -0.661. The molecule has 1 aromatic heterocycles. The summed E-state index contributed by atoms with van der Waals surface area (Å²) in [5.41, 5.74) is 1.57. The summed E-state index contributed by atoms with van der Waals surface area (Å²) in [5, 5.41) is 4.45. The molecule has 0 aliphatic carbocycles. The number of Topliss-reactive ketones (excluding diaryl/α,β-unsaturated/α-hetero) is 1. The number of hydrogen-bond acceptors (Lipinski definition) is 5. The molecule has 23 heavy (non-hydrogen) atoms. The van der Waals surface area contributed by atoms with Gasteiger partial charge in [-0.25, -0.2) is 9.59 Å². The van der Waals surface area contributed by atoms with Gasteiger partial charge in [-0.2, -0.15) is 0 Å². The van der Waals surface area contributed by atoms with Crippen molar-refractivity contribution in [1.82, 2.24) is 15.6 Å².